The second-order valence-electron chi connectivity index (χ2n) is 7.66. The Morgan fingerprint density at radius 3 is 2.96 bits per heavy atom. The van der Waals surface area contributed by atoms with Crippen molar-refractivity contribution < 1.29 is 9.53 Å². The maximum absolute atomic E-state index is 13.1. The van der Waals surface area contributed by atoms with Gasteiger partial charge in [0.2, 0.25) is 0 Å². The minimum absolute atomic E-state index is 0.0703. The number of methoxy groups -OCH3 is 1. The first-order valence-corrected chi connectivity index (χ1v) is 8.79. The molecule has 1 aliphatic carbocycles. The molecule has 1 saturated carbocycles. The van der Waals surface area contributed by atoms with Crippen LogP contribution in [0.1, 0.15) is 48.7 Å². The van der Waals surface area contributed by atoms with Gasteiger partial charge in [-0.15, -0.1) is 0 Å². The number of fused-ring (bicyclic) bond motifs is 2. The molecule has 2 aliphatic rings. The Labute approximate surface area is 142 Å². The lowest BCUT2D eigenvalue weighted by molar-refractivity contribution is -0.00286. The van der Waals surface area contributed by atoms with Gasteiger partial charge in [0.25, 0.3) is 5.91 Å². The summed E-state index contributed by atoms with van der Waals surface area (Å²) >= 11 is 0. The molecular weight excluding hydrogens is 302 g/mol. The first-order chi connectivity index (χ1) is 11.5. The second kappa shape index (κ2) is 5.59. The highest BCUT2D eigenvalue weighted by molar-refractivity contribution is 5.93. The van der Waals surface area contributed by atoms with Crippen LogP contribution in [0.2, 0.25) is 0 Å². The maximum atomic E-state index is 13.1. The van der Waals surface area contributed by atoms with Crippen LogP contribution in [0.5, 0.6) is 0 Å². The largest absolute Gasteiger partial charge is 0.381 e. The van der Waals surface area contributed by atoms with E-state index >= 15 is 0 Å². The van der Waals surface area contributed by atoms with Gasteiger partial charge in [-0.05, 0) is 49.7 Å². The molecule has 0 bridgehead atoms. The number of hydrogen-bond acceptors (Lipinski definition) is 3. The molecule has 0 unspecified atom stereocenters. The molecule has 2 fully saturated rings. The first-order valence-electron chi connectivity index (χ1n) is 8.79. The standard InChI is InChI=1S/C19H25N3O2/c1-13-4-7-17-20-15(12-21(17)11-13)18(23)22-9-8-19(2)10-14(24-3)5-6-16(19)22/h4,7,11-12,14,16H,5-6,8-10H2,1-3H3/t14-,16-,19+/m1/s1. The predicted molar refractivity (Wildman–Crippen MR) is 92.1 cm³/mol. The maximum Gasteiger partial charge on any atom is 0.274 e. The fourth-order valence-electron chi connectivity index (χ4n) is 4.58. The van der Waals surface area contributed by atoms with Crippen LogP contribution in [0.3, 0.4) is 0 Å². The van der Waals surface area contributed by atoms with E-state index in [1.54, 1.807) is 7.11 Å². The number of rotatable bonds is 2. The van der Waals surface area contributed by atoms with E-state index in [2.05, 4.69) is 16.8 Å². The lowest BCUT2D eigenvalue weighted by Crippen LogP contribution is -2.46. The van der Waals surface area contributed by atoms with Crippen LogP contribution >= 0.6 is 0 Å². The molecule has 0 spiro atoms. The topological polar surface area (TPSA) is 46.8 Å². The summed E-state index contributed by atoms with van der Waals surface area (Å²) in [5.74, 6) is 0.0703. The van der Waals surface area contributed by atoms with Gasteiger partial charge in [-0.1, -0.05) is 13.0 Å². The van der Waals surface area contributed by atoms with Crippen molar-refractivity contribution in [2.24, 2.45) is 5.41 Å². The van der Waals surface area contributed by atoms with Gasteiger partial charge in [0.05, 0.1) is 6.10 Å². The van der Waals surface area contributed by atoms with E-state index in [0.29, 0.717) is 17.8 Å². The van der Waals surface area contributed by atoms with Gasteiger partial charge >= 0.3 is 0 Å². The molecule has 0 aromatic carbocycles. The van der Waals surface area contributed by atoms with Crippen molar-refractivity contribution in [1.82, 2.24) is 14.3 Å². The third-order valence-electron chi connectivity index (χ3n) is 5.97. The number of carbonyl (C=O) groups is 1. The Balaban J connectivity index is 1.60. The van der Waals surface area contributed by atoms with Crippen LogP contribution in [0.4, 0.5) is 0 Å². The van der Waals surface area contributed by atoms with Crippen LogP contribution in [0, 0.1) is 12.3 Å². The number of ether oxygens (including phenoxy) is 1. The van der Waals surface area contributed by atoms with Gasteiger partial charge in [0.15, 0.2) is 0 Å². The van der Waals surface area contributed by atoms with Gasteiger partial charge in [-0.3, -0.25) is 4.79 Å². The fraction of sp³-hybridized carbons (Fsp3) is 0.579. The summed E-state index contributed by atoms with van der Waals surface area (Å²) in [5.41, 5.74) is 2.71. The van der Waals surface area contributed by atoms with Crippen molar-refractivity contribution in [2.75, 3.05) is 13.7 Å². The molecule has 1 saturated heterocycles. The molecule has 3 atom stereocenters. The molecular formula is C19H25N3O2. The van der Waals surface area contributed by atoms with Crippen LogP contribution in [0.15, 0.2) is 24.5 Å². The number of imidazole rings is 1. The van der Waals surface area contributed by atoms with E-state index < -0.39 is 0 Å². The summed E-state index contributed by atoms with van der Waals surface area (Å²) in [6.45, 7) is 5.17. The second-order valence-corrected chi connectivity index (χ2v) is 7.66. The normalized spacial score (nSPS) is 29.9. The number of likely N-dealkylation sites (tertiary alicyclic amines) is 1. The Bertz CT molecular complexity index is 784. The number of aryl methyl sites for hydroxylation is 1. The van der Waals surface area contributed by atoms with Gasteiger partial charge in [-0.25, -0.2) is 4.98 Å². The molecule has 0 radical (unpaired) electrons. The fourth-order valence-corrected chi connectivity index (χ4v) is 4.58. The Hall–Kier alpha value is -1.88. The van der Waals surface area contributed by atoms with E-state index in [0.717, 1.165) is 43.4 Å². The number of amides is 1. The molecule has 5 heteroatoms. The first kappa shape index (κ1) is 15.6. The summed E-state index contributed by atoms with van der Waals surface area (Å²) in [7, 11) is 1.80. The summed E-state index contributed by atoms with van der Waals surface area (Å²) in [5, 5.41) is 0. The van der Waals surface area contributed by atoms with E-state index in [9.17, 15) is 4.79 Å². The smallest absolute Gasteiger partial charge is 0.274 e. The van der Waals surface area contributed by atoms with Crippen molar-refractivity contribution in [3.8, 4) is 0 Å². The summed E-state index contributed by atoms with van der Waals surface area (Å²) in [6.07, 6.45) is 8.35. The number of carbonyl (C=O) groups excluding carboxylic acids is 1. The summed E-state index contributed by atoms with van der Waals surface area (Å²) < 4.78 is 7.52. The minimum atomic E-state index is 0.0703. The zero-order valence-corrected chi connectivity index (χ0v) is 14.7. The van der Waals surface area contributed by atoms with Crippen molar-refractivity contribution in [3.05, 3.63) is 35.8 Å². The highest BCUT2D eigenvalue weighted by Crippen LogP contribution is 2.47. The van der Waals surface area contributed by atoms with Crippen LogP contribution in [0.25, 0.3) is 5.65 Å². The summed E-state index contributed by atoms with van der Waals surface area (Å²) in [6, 6.07) is 4.29. The van der Waals surface area contributed by atoms with Crippen molar-refractivity contribution in [2.45, 2.75) is 51.7 Å². The monoisotopic (exact) mass is 327 g/mol. The highest BCUT2D eigenvalue weighted by atomic mass is 16.5. The van der Waals surface area contributed by atoms with Gasteiger partial charge in [0.1, 0.15) is 11.3 Å². The molecule has 4 rings (SSSR count). The number of pyridine rings is 1. The molecule has 1 aliphatic heterocycles. The molecule has 0 N–H and O–H groups in total. The number of nitrogens with zero attached hydrogens (tertiary/aromatic N) is 3. The Kier molecular flexibility index (Phi) is 3.64. The van der Waals surface area contributed by atoms with E-state index in [-0.39, 0.29) is 11.3 Å². The molecule has 128 valence electrons. The van der Waals surface area contributed by atoms with Crippen molar-refractivity contribution in [1.29, 1.82) is 0 Å². The molecule has 2 aromatic heterocycles. The van der Waals surface area contributed by atoms with Gasteiger partial charge in [0, 0.05) is 32.1 Å². The average molecular weight is 327 g/mol. The third-order valence-corrected chi connectivity index (χ3v) is 5.97. The third kappa shape index (κ3) is 2.42. The number of aromatic nitrogens is 2. The Morgan fingerprint density at radius 1 is 1.33 bits per heavy atom. The zero-order valence-electron chi connectivity index (χ0n) is 14.7. The lowest BCUT2D eigenvalue weighted by Gasteiger charge is -2.42. The zero-order chi connectivity index (χ0) is 16.9. The van der Waals surface area contributed by atoms with Crippen molar-refractivity contribution in [3.63, 3.8) is 0 Å². The predicted octanol–water partition coefficient (Wildman–Crippen LogP) is 3.06. The minimum Gasteiger partial charge on any atom is -0.381 e. The average Bonchev–Trinajstić information content (AvgIpc) is 3.13. The lowest BCUT2D eigenvalue weighted by atomic mass is 9.71. The van der Waals surface area contributed by atoms with Crippen molar-refractivity contribution >= 4 is 11.6 Å². The molecule has 3 heterocycles. The quantitative estimate of drug-likeness (QED) is 0.852. The van der Waals surface area contributed by atoms with E-state index in [1.807, 2.05) is 35.9 Å². The summed E-state index contributed by atoms with van der Waals surface area (Å²) in [4.78, 5) is 19.7. The van der Waals surface area contributed by atoms with E-state index in [1.165, 1.54) is 0 Å². The van der Waals surface area contributed by atoms with Gasteiger partial charge < -0.3 is 14.0 Å². The molecule has 5 nitrogen and oxygen atoms in total. The SMILES string of the molecule is CO[C@@H]1CC[C@H]2N(C(=O)c3cn4cc(C)ccc4n3)CC[C@@]2(C)C1. The highest BCUT2D eigenvalue weighted by Gasteiger charge is 2.49. The van der Waals surface area contributed by atoms with Crippen LogP contribution in [-0.4, -0.2) is 46.0 Å². The molecule has 1 amide bonds. The van der Waals surface area contributed by atoms with Gasteiger partial charge in [-0.2, -0.15) is 0 Å². The molecule has 2 aromatic rings. The molecule has 24 heavy (non-hydrogen) atoms. The van der Waals surface area contributed by atoms with E-state index in [4.69, 9.17) is 4.74 Å². The van der Waals surface area contributed by atoms with Crippen LogP contribution < -0.4 is 0 Å². The number of hydrogen-bond donors (Lipinski definition) is 0. The van der Waals surface area contributed by atoms with Crippen LogP contribution in [-0.2, 0) is 4.74 Å². The Morgan fingerprint density at radius 2 is 2.17 bits per heavy atom.